The normalized spacial score (nSPS) is 18.1. The van der Waals surface area contributed by atoms with Crippen LogP contribution in [-0.2, 0) is 16.0 Å². The van der Waals surface area contributed by atoms with Crippen molar-refractivity contribution in [2.45, 2.75) is 39.5 Å². The van der Waals surface area contributed by atoms with Gasteiger partial charge in [0, 0.05) is 35.4 Å². The number of benzene rings is 2. The molecule has 31 heavy (non-hydrogen) atoms. The van der Waals surface area contributed by atoms with Crippen LogP contribution in [0, 0.1) is 17.0 Å². The lowest BCUT2D eigenvalue weighted by molar-refractivity contribution is -0.125. The molecule has 0 atom stereocenters. The highest BCUT2D eigenvalue weighted by Gasteiger charge is 2.40. The average molecular weight is 423 g/mol. The fourth-order valence-electron chi connectivity index (χ4n) is 3.92. The molecule has 1 aliphatic carbocycles. The molecule has 4 rings (SSSR count). The Labute approximate surface area is 179 Å². The number of nitrogens with zero attached hydrogens (tertiary/aromatic N) is 1. The largest absolute Gasteiger partial charge is 0.358 e. The van der Waals surface area contributed by atoms with Crippen molar-refractivity contribution < 1.29 is 18.4 Å². The standard InChI is InChI=1S/C24H23F2N3O2/c1-24(2)22(28-29-23(24)31)16-11-10-15(13-19(16)26)27-20-8-5-9-21(30)17(20)12-14-6-3-4-7-18(14)25/h3-4,6-7,10-11,13,27H,5,8-9,12H2,1-2H3,(H,29,31). The predicted molar refractivity (Wildman–Crippen MR) is 114 cm³/mol. The van der Waals surface area contributed by atoms with Gasteiger partial charge in [-0.1, -0.05) is 18.2 Å². The Balaban J connectivity index is 1.62. The molecule has 1 heterocycles. The van der Waals surface area contributed by atoms with Crippen molar-refractivity contribution in [3.63, 3.8) is 0 Å². The van der Waals surface area contributed by atoms with Gasteiger partial charge in [0.25, 0.3) is 5.91 Å². The van der Waals surface area contributed by atoms with E-state index in [9.17, 15) is 18.4 Å². The van der Waals surface area contributed by atoms with Crippen LogP contribution in [0.4, 0.5) is 14.5 Å². The monoisotopic (exact) mass is 423 g/mol. The van der Waals surface area contributed by atoms with E-state index in [1.165, 1.54) is 12.1 Å². The van der Waals surface area contributed by atoms with Crippen molar-refractivity contribution in [1.82, 2.24) is 5.43 Å². The fraction of sp³-hybridized carbons (Fsp3) is 0.292. The molecule has 0 unspecified atom stereocenters. The van der Waals surface area contributed by atoms with E-state index in [2.05, 4.69) is 15.8 Å². The molecule has 2 aromatic carbocycles. The van der Waals surface area contributed by atoms with Crippen LogP contribution in [0.5, 0.6) is 0 Å². The first kappa shape index (κ1) is 20.9. The Morgan fingerprint density at radius 2 is 1.84 bits per heavy atom. The van der Waals surface area contributed by atoms with E-state index in [0.717, 1.165) is 0 Å². The van der Waals surface area contributed by atoms with Crippen LogP contribution in [-0.4, -0.2) is 17.4 Å². The summed E-state index contributed by atoms with van der Waals surface area (Å²) in [6.45, 7) is 3.38. The molecule has 0 aromatic heterocycles. The first-order chi connectivity index (χ1) is 14.8. The zero-order chi connectivity index (χ0) is 22.2. The van der Waals surface area contributed by atoms with Gasteiger partial charge in [0.1, 0.15) is 11.6 Å². The van der Waals surface area contributed by atoms with Gasteiger partial charge in [0.2, 0.25) is 0 Å². The van der Waals surface area contributed by atoms with Crippen molar-refractivity contribution >= 4 is 23.1 Å². The summed E-state index contributed by atoms with van der Waals surface area (Å²) in [5.74, 6) is -1.19. The molecule has 1 amide bonds. The molecule has 2 aliphatic rings. The number of anilines is 1. The summed E-state index contributed by atoms with van der Waals surface area (Å²) in [4.78, 5) is 24.5. The van der Waals surface area contributed by atoms with E-state index in [1.807, 2.05) is 0 Å². The van der Waals surface area contributed by atoms with Gasteiger partial charge in [-0.05, 0) is 56.5 Å². The molecule has 5 nitrogen and oxygen atoms in total. The number of nitrogens with one attached hydrogen (secondary N) is 2. The summed E-state index contributed by atoms with van der Waals surface area (Å²) >= 11 is 0. The quantitative estimate of drug-likeness (QED) is 0.745. The second-order valence-electron chi connectivity index (χ2n) is 8.35. The first-order valence-electron chi connectivity index (χ1n) is 10.2. The zero-order valence-electron chi connectivity index (χ0n) is 17.4. The third-order valence-electron chi connectivity index (χ3n) is 5.80. The van der Waals surface area contributed by atoms with Crippen LogP contribution in [0.2, 0.25) is 0 Å². The van der Waals surface area contributed by atoms with Crippen LogP contribution >= 0.6 is 0 Å². The van der Waals surface area contributed by atoms with Crippen LogP contribution in [0.3, 0.4) is 0 Å². The average Bonchev–Trinajstić information content (AvgIpc) is 2.99. The number of hydrazone groups is 1. The Morgan fingerprint density at radius 1 is 1.06 bits per heavy atom. The summed E-state index contributed by atoms with van der Waals surface area (Å²) in [7, 11) is 0. The maximum Gasteiger partial charge on any atom is 0.251 e. The van der Waals surface area contributed by atoms with Crippen molar-refractivity contribution in [1.29, 1.82) is 0 Å². The van der Waals surface area contributed by atoms with E-state index >= 15 is 0 Å². The molecular weight excluding hydrogens is 400 g/mol. The number of Topliss-reactive ketones (excluding diaryl/α,β-unsaturated/α-hetero) is 1. The highest BCUT2D eigenvalue weighted by molar-refractivity contribution is 6.19. The Morgan fingerprint density at radius 3 is 2.52 bits per heavy atom. The number of allylic oxidation sites excluding steroid dienone is 2. The predicted octanol–water partition coefficient (Wildman–Crippen LogP) is 4.49. The lowest BCUT2D eigenvalue weighted by Gasteiger charge is -2.22. The van der Waals surface area contributed by atoms with Gasteiger partial charge in [-0.2, -0.15) is 5.10 Å². The number of carbonyl (C=O) groups excluding carboxylic acids is 2. The van der Waals surface area contributed by atoms with E-state index in [0.29, 0.717) is 47.5 Å². The Kier molecular flexibility index (Phi) is 5.43. The van der Waals surface area contributed by atoms with E-state index in [1.54, 1.807) is 44.2 Å². The van der Waals surface area contributed by atoms with Crippen LogP contribution in [0.1, 0.15) is 44.2 Å². The summed E-state index contributed by atoms with van der Waals surface area (Å²) in [5, 5.41) is 7.15. The number of carbonyl (C=O) groups is 2. The van der Waals surface area contributed by atoms with Gasteiger partial charge in [-0.3, -0.25) is 9.59 Å². The lowest BCUT2D eigenvalue weighted by Crippen LogP contribution is -2.32. The highest BCUT2D eigenvalue weighted by atomic mass is 19.1. The maximum atomic E-state index is 14.9. The molecule has 0 bridgehead atoms. The molecule has 2 aromatic rings. The molecular formula is C24H23F2N3O2. The number of rotatable bonds is 5. The third-order valence-corrected chi connectivity index (χ3v) is 5.80. The maximum absolute atomic E-state index is 14.9. The minimum absolute atomic E-state index is 0.0271. The van der Waals surface area contributed by atoms with Gasteiger partial charge in [0.15, 0.2) is 5.78 Å². The topological polar surface area (TPSA) is 70.6 Å². The second kappa shape index (κ2) is 8.06. The number of halogens is 2. The number of amides is 1. The molecule has 0 saturated carbocycles. The molecule has 0 saturated heterocycles. The van der Waals surface area contributed by atoms with Crippen LogP contribution < -0.4 is 10.7 Å². The molecule has 0 radical (unpaired) electrons. The van der Waals surface area contributed by atoms with Crippen molar-refractivity contribution in [3.05, 3.63) is 76.5 Å². The number of hydrogen-bond donors (Lipinski definition) is 2. The number of ketones is 1. The minimum atomic E-state index is -0.930. The molecule has 2 N–H and O–H groups in total. The molecule has 0 fully saturated rings. The van der Waals surface area contributed by atoms with Gasteiger partial charge in [-0.25, -0.2) is 14.2 Å². The highest BCUT2D eigenvalue weighted by Crippen LogP contribution is 2.31. The van der Waals surface area contributed by atoms with Crippen LogP contribution in [0.25, 0.3) is 0 Å². The minimum Gasteiger partial charge on any atom is -0.358 e. The fourth-order valence-corrected chi connectivity index (χ4v) is 3.92. The van der Waals surface area contributed by atoms with E-state index in [4.69, 9.17) is 0 Å². The first-order valence-corrected chi connectivity index (χ1v) is 10.2. The third kappa shape index (κ3) is 4.00. The summed E-state index contributed by atoms with van der Waals surface area (Å²) in [6.07, 6.45) is 1.91. The second-order valence-corrected chi connectivity index (χ2v) is 8.35. The Hall–Kier alpha value is -3.35. The molecule has 160 valence electrons. The van der Waals surface area contributed by atoms with Gasteiger partial charge >= 0.3 is 0 Å². The summed E-state index contributed by atoms with van der Waals surface area (Å²) in [6, 6.07) is 11.0. The lowest BCUT2D eigenvalue weighted by atomic mass is 9.83. The zero-order valence-corrected chi connectivity index (χ0v) is 17.4. The Bertz CT molecular complexity index is 1140. The van der Waals surface area contributed by atoms with Crippen molar-refractivity contribution in [2.75, 3.05) is 5.32 Å². The van der Waals surface area contributed by atoms with Crippen molar-refractivity contribution in [2.24, 2.45) is 10.5 Å². The van der Waals surface area contributed by atoms with Crippen molar-refractivity contribution in [3.8, 4) is 0 Å². The van der Waals surface area contributed by atoms with E-state index < -0.39 is 11.2 Å². The van der Waals surface area contributed by atoms with Gasteiger partial charge in [0.05, 0.1) is 11.1 Å². The van der Waals surface area contributed by atoms with Gasteiger partial charge < -0.3 is 5.32 Å². The summed E-state index contributed by atoms with van der Waals surface area (Å²) < 4.78 is 29.0. The molecule has 0 spiro atoms. The number of hydrogen-bond acceptors (Lipinski definition) is 4. The van der Waals surface area contributed by atoms with Crippen LogP contribution in [0.15, 0.2) is 58.8 Å². The van der Waals surface area contributed by atoms with Gasteiger partial charge in [-0.15, -0.1) is 0 Å². The SMILES string of the molecule is CC1(C)C(=O)NN=C1c1ccc(NC2=C(Cc3ccccc3F)C(=O)CCC2)cc1F. The molecule has 1 aliphatic heterocycles. The smallest absolute Gasteiger partial charge is 0.251 e. The molecule has 7 heteroatoms. The van der Waals surface area contributed by atoms with E-state index in [-0.39, 0.29) is 29.5 Å². The summed E-state index contributed by atoms with van der Waals surface area (Å²) in [5.41, 5.74) is 4.19.